The third-order valence-electron chi connectivity index (χ3n) is 3.04. The monoisotopic (exact) mass is 273 g/mol. The number of hydrogen-bond acceptors (Lipinski definition) is 3. The molecule has 104 valence electrons. The Morgan fingerprint density at radius 3 is 2.40 bits per heavy atom. The predicted molar refractivity (Wildman–Crippen MR) is 72.6 cm³/mol. The van der Waals surface area contributed by atoms with Gasteiger partial charge in [-0.05, 0) is 30.2 Å². The van der Waals surface area contributed by atoms with Gasteiger partial charge in [-0.2, -0.15) is 0 Å². The summed E-state index contributed by atoms with van der Waals surface area (Å²) in [5.74, 6) is -1.75. The van der Waals surface area contributed by atoms with Gasteiger partial charge in [0.2, 0.25) is 5.76 Å². The molecule has 1 N–H and O–H groups in total. The maximum Gasteiger partial charge on any atom is 0.371 e. The van der Waals surface area contributed by atoms with E-state index in [9.17, 15) is 9.59 Å². The van der Waals surface area contributed by atoms with Crippen molar-refractivity contribution in [3.8, 4) is 0 Å². The molecule has 0 unspecified atom stereocenters. The first kappa shape index (κ1) is 13.9. The summed E-state index contributed by atoms with van der Waals surface area (Å²) in [5, 5.41) is 8.77. The lowest BCUT2D eigenvalue weighted by atomic mass is 10.1. The SMILES string of the molecule is Cc1ccccc1CN(C)C(=O)c1ccc(C(=O)O)o1. The van der Waals surface area contributed by atoms with Crippen molar-refractivity contribution in [1.29, 1.82) is 0 Å². The number of rotatable bonds is 4. The van der Waals surface area contributed by atoms with Gasteiger partial charge >= 0.3 is 5.97 Å². The van der Waals surface area contributed by atoms with E-state index in [0.29, 0.717) is 6.54 Å². The van der Waals surface area contributed by atoms with Crippen LogP contribution in [0.3, 0.4) is 0 Å². The van der Waals surface area contributed by atoms with Gasteiger partial charge in [0, 0.05) is 13.6 Å². The first-order valence-electron chi connectivity index (χ1n) is 6.12. The molecule has 1 aromatic heterocycles. The molecule has 0 radical (unpaired) electrons. The van der Waals surface area contributed by atoms with Crippen molar-refractivity contribution in [2.24, 2.45) is 0 Å². The number of amides is 1. The van der Waals surface area contributed by atoms with Crippen LogP contribution in [0.5, 0.6) is 0 Å². The molecular formula is C15H15NO4. The fourth-order valence-corrected chi connectivity index (χ4v) is 1.87. The van der Waals surface area contributed by atoms with Gasteiger partial charge in [0.25, 0.3) is 5.91 Å². The van der Waals surface area contributed by atoms with Crippen LogP contribution in [0.4, 0.5) is 0 Å². The number of carbonyl (C=O) groups excluding carboxylic acids is 1. The minimum Gasteiger partial charge on any atom is -0.475 e. The first-order valence-corrected chi connectivity index (χ1v) is 6.12. The average molecular weight is 273 g/mol. The maximum absolute atomic E-state index is 12.1. The summed E-state index contributed by atoms with van der Waals surface area (Å²) in [6, 6.07) is 10.4. The quantitative estimate of drug-likeness (QED) is 0.929. The summed E-state index contributed by atoms with van der Waals surface area (Å²) in [6.45, 7) is 2.41. The van der Waals surface area contributed by atoms with E-state index in [4.69, 9.17) is 9.52 Å². The van der Waals surface area contributed by atoms with E-state index in [1.807, 2.05) is 31.2 Å². The van der Waals surface area contributed by atoms with E-state index < -0.39 is 5.97 Å². The van der Waals surface area contributed by atoms with Crippen LogP contribution in [0.1, 0.15) is 32.2 Å². The van der Waals surface area contributed by atoms with Gasteiger partial charge in [-0.25, -0.2) is 4.79 Å². The Bertz CT molecular complexity index is 645. The normalized spacial score (nSPS) is 10.3. The lowest BCUT2D eigenvalue weighted by molar-refractivity contribution is 0.0653. The van der Waals surface area contributed by atoms with Gasteiger partial charge in [0.1, 0.15) is 0 Å². The second kappa shape index (κ2) is 5.61. The Morgan fingerprint density at radius 1 is 1.15 bits per heavy atom. The van der Waals surface area contributed by atoms with Crippen molar-refractivity contribution in [3.63, 3.8) is 0 Å². The Balaban J connectivity index is 2.12. The summed E-state index contributed by atoms with van der Waals surface area (Å²) in [5.41, 5.74) is 2.13. The molecule has 1 amide bonds. The number of aromatic carboxylic acids is 1. The van der Waals surface area contributed by atoms with Gasteiger partial charge in [0.15, 0.2) is 5.76 Å². The number of aryl methyl sites for hydroxylation is 1. The van der Waals surface area contributed by atoms with Crippen LogP contribution in [0.2, 0.25) is 0 Å². The van der Waals surface area contributed by atoms with Gasteiger partial charge in [-0.3, -0.25) is 4.79 Å². The molecule has 0 spiro atoms. The molecule has 5 nitrogen and oxygen atoms in total. The molecule has 0 saturated carbocycles. The number of carboxylic acid groups (broad SMARTS) is 1. The number of nitrogens with zero attached hydrogens (tertiary/aromatic N) is 1. The average Bonchev–Trinajstić information content (AvgIpc) is 2.90. The number of furan rings is 1. The maximum atomic E-state index is 12.1. The second-order valence-electron chi connectivity index (χ2n) is 4.56. The largest absolute Gasteiger partial charge is 0.475 e. The zero-order chi connectivity index (χ0) is 14.7. The standard InChI is InChI=1S/C15H15NO4/c1-10-5-3-4-6-11(10)9-16(2)14(17)12-7-8-13(20-12)15(18)19/h3-8H,9H2,1-2H3,(H,18,19). The summed E-state index contributed by atoms with van der Waals surface area (Å²) in [7, 11) is 1.65. The van der Waals surface area contributed by atoms with Crippen LogP contribution in [0.25, 0.3) is 0 Å². The van der Waals surface area contributed by atoms with Crippen LogP contribution in [-0.4, -0.2) is 28.9 Å². The molecule has 1 aromatic carbocycles. The van der Waals surface area contributed by atoms with E-state index in [2.05, 4.69) is 0 Å². The van der Waals surface area contributed by atoms with E-state index in [1.165, 1.54) is 17.0 Å². The molecule has 5 heteroatoms. The Labute approximate surface area is 116 Å². The lowest BCUT2D eigenvalue weighted by Crippen LogP contribution is -2.26. The molecule has 1 heterocycles. The summed E-state index contributed by atoms with van der Waals surface area (Å²) in [6.07, 6.45) is 0. The molecule has 2 rings (SSSR count). The Hall–Kier alpha value is -2.56. The van der Waals surface area contributed by atoms with Crippen molar-refractivity contribution in [3.05, 3.63) is 59.0 Å². The van der Waals surface area contributed by atoms with E-state index in [0.717, 1.165) is 11.1 Å². The number of carboxylic acids is 1. The van der Waals surface area contributed by atoms with E-state index >= 15 is 0 Å². The zero-order valence-corrected chi connectivity index (χ0v) is 11.3. The molecule has 0 bridgehead atoms. The first-order chi connectivity index (χ1) is 9.49. The van der Waals surface area contributed by atoms with Crippen LogP contribution < -0.4 is 0 Å². The van der Waals surface area contributed by atoms with E-state index in [-0.39, 0.29) is 17.4 Å². The number of carbonyl (C=O) groups is 2. The summed E-state index contributed by atoms with van der Waals surface area (Å²) in [4.78, 5) is 24.4. The molecule has 0 fully saturated rings. The highest BCUT2D eigenvalue weighted by molar-refractivity contribution is 5.93. The third-order valence-corrected chi connectivity index (χ3v) is 3.04. The topological polar surface area (TPSA) is 70.8 Å². The highest BCUT2D eigenvalue weighted by Crippen LogP contribution is 2.14. The van der Waals surface area contributed by atoms with Crippen molar-refractivity contribution >= 4 is 11.9 Å². The van der Waals surface area contributed by atoms with Crippen molar-refractivity contribution in [2.45, 2.75) is 13.5 Å². The minimum absolute atomic E-state index is 0.0264. The van der Waals surface area contributed by atoms with Gasteiger partial charge in [-0.1, -0.05) is 24.3 Å². The van der Waals surface area contributed by atoms with Crippen molar-refractivity contribution in [2.75, 3.05) is 7.05 Å². The molecule has 20 heavy (non-hydrogen) atoms. The predicted octanol–water partition coefficient (Wildman–Crippen LogP) is 2.56. The van der Waals surface area contributed by atoms with Crippen LogP contribution in [0.15, 0.2) is 40.8 Å². The third kappa shape index (κ3) is 2.88. The Kier molecular flexibility index (Phi) is 3.89. The van der Waals surface area contributed by atoms with Gasteiger partial charge in [0.05, 0.1) is 0 Å². The molecule has 0 aliphatic heterocycles. The summed E-state index contributed by atoms with van der Waals surface area (Å²) >= 11 is 0. The highest BCUT2D eigenvalue weighted by atomic mass is 16.4. The fraction of sp³-hybridized carbons (Fsp3) is 0.200. The van der Waals surface area contributed by atoms with Crippen molar-refractivity contribution < 1.29 is 19.1 Å². The zero-order valence-electron chi connectivity index (χ0n) is 11.3. The second-order valence-corrected chi connectivity index (χ2v) is 4.56. The van der Waals surface area contributed by atoms with Crippen LogP contribution >= 0.6 is 0 Å². The van der Waals surface area contributed by atoms with Crippen LogP contribution in [-0.2, 0) is 6.54 Å². The Morgan fingerprint density at radius 2 is 1.80 bits per heavy atom. The number of benzene rings is 1. The van der Waals surface area contributed by atoms with Gasteiger partial charge < -0.3 is 14.4 Å². The van der Waals surface area contributed by atoms with E-state index in [1.54, 1.807) is 7.05 Å². The fourth-order valence-electron chi connectivity index (χ4n) is 1.87. The lowest BCUT2D eigenvalue weighted by Gasteiger charge is -2.17. The highest BCUT2D eigenvalue weighted by Gasteiger charge is 2.18. The molecule has 0 aliphatic rings. The smallest absolute Gasteiger partial charge is 0.371 e. The van der Waals surface area contributed by atoms with Crippen molar-refractivity contribution in [1.82, 2.24) is 4.90 Å². The van der Waals surface area contributed by atoms with Gasteiger partial charge in [-0.15, -0.1) is 0 Å². The minimum atomic E-state index is -1.19. The molecule has 0 saturated heterocycles. The molecule has 0 aliphatic carbocycles. The molecule has 0 atom stereocenters. The van der Waals surface area contributed by atoms with Crippen LogP contribution in [0, 0.1) is 6.92 Å². The summed E-state index contributed by atoms with van der Waals surface area (Å²) < 4.78 is 5.01. The number of hydrogen-bond donors (Lipinski definition) is 1. The molecule has 2 aromatic rings. The molecular weight excluding hydrogens is 258 g/mol.